The zero-order chi connectivity index (χ0) is 17.6. The molecule has 3 aromatic rings. The van der Waals surface area contributed by atoms with Crippen LogP contribution in [-0.2, 0) is 0 Å². The Morgan fingerprint density at radius 2 is 1.36 bits per heavy atom. The second kappa shape index (κ2) is 7.40. The molecular formula is C20H17N3O2. The number of aromatic nitrogens is 1. The first-order valence-electron chi connectivity index (χ1n) is 7.81. The van der Waals surface area contributed by atoms with Crippen LogP contribution in [0.2, 0.25) is 0 Å². The molecule has 0 aliphatic heterocycles. The summed E-state index contributed by atoms with van der Waals surface area (Å²) in [5, 5.41) is 5.63. The number of aryl methyl sites for hydroxylation is 1. The van der Waals surface area contributed by atoms with Gasteiger partial charge in [0.15, 0.2) is 0 Å². The van der Waals surface area contributed by atoms with Crippen molar-refractivity contribution in [1.82, 2.24) is 4.98 Å². The van der Waals surface area contributed by atoms with Crippen LogP contribution in [0.15, 0.2) is 73.1 Å². The Kier molecular flexibility index (Phi) is 4.85. The second-order valence-corrected chi connectivity index (χ2v) is 5.59. The minimum atomic E-state index is -0.251. The summed E-state index contributed by atoms with van der Waals surface area (Å²) in [6.45, 7) is 1.96. The molecule has 2 aromatic carbocycles. The summed E-state index contributed by atoms with van der Waals surface area (Å²) in [5.41, 5.74) is 3.32. The molecule has 0 aliphatic rings. The molecule has 0 bridgehead atoms. The first kappa shape index (κ1) is 16.4. The Labute approximate surface area is 145 Å². The van der Waals surface area contributed by atoms with Gasteiger partial charge in [0.05, 0.1) is 0 Å². The highest BCUT2D eigenvalue weighted by atomic mass is 16.2. The monoisotopic (exact) mass is 331 g/mol. The van der Waals surface area contributed by atoms with Gasteiger partial charge >= 0.3 is 0 Å². The fourth-order valence-electron chi connectivity index (χ4n) is 2.37. The predicted octanol–water partition coefficient (Wildman–Crippen LogP) is 3.89. The van der Waals surface area contributed by atoms with Crippen molar-refractivity contribution in [2.45, 2.75) is 6.92 Å². The van der Waals surface area contributed by atoms with Gasteiger partial charge in [-0.3, -0.25) is 14.6 Å². The third kappa shape index (κ3) is 4.29. The van der Waals surface area contributed by atoms with E-state index in [9.17, 15) is 9.59 Å². The molecule has 0 saturated carbocycles. The highest BCUT2D eigenvalue weighted by Gasteiger charge is 2.09. The molecule has 0 saturated heterocycles. The van der Waals surface area contributed by atoms with Crippen LogP contribution in [-0.4, -0.2) is 16.8 Å². The van der Waals surface area contributed by atoms with E-state index in [0.717, 1.165) is 11.3 Å². The average Bonchev–Trinajstić information content (AvgIpc) is 2.62. The zero-order valence-corrected chi connectivity index (χ0v) is 13.7. The van der Waals surface area contributed by atoms with Crippen molar-refractivity contribution in [3.05, 3.63) is 89.7 Å². The number of hydrogen-bond donors (Lipinski definition) is 2. The molecule has 124 valence electrons. The van der Waals surface area contributed by atoms with E-state index in [1.165, 1.54) is 0 Å². The number of nitrogens with one attached hydrogen (secondary N) is 2. The summed E-state index contributed by atoms with van der Waals surface area (Å²) in [7, 11) is 0. The number of anilines is 2. The van der Waals surface area contributed by atoms with Gasteiger partial charge < -0.3 is 10.6 Å². The molecule has 0 radical (unpaired) electrons. The van der Waals surface area contributed by atoms with Crippen LogP contribution in [0.3, 0.4) is 0 Å². The Morgan fingerprint density at radius 1 is 0.760 bits per heavy atom. The summed E-state index contributed by atoms with van der Waals surface area (Å²) >= 11 is 0. The quantitative estimate of drug-likeness (QED) is 0.762. The third-order valence-electron chi connectivity index (χ3n) is 3.60. The smallest absolute Gasteiger partial charge is 0.255 e. The number of pyridine rings is 1. The van der Waals surface area contributed by atoms with Crippen LogP contribution in [0.25, 0.3) is 0 Å². The van der Waals surface area contributed by atoms with Gasteiger partial charge in [-0.1, -0.05) is 18.2 Å². The maximum Gasteiger partial charge on any atom is 0.255 e. The molecule has 0 aliphatic carbocycles. The number of hydrogen-bond acceptors (Lipinski definition) is 3. The predicted molar refractivity (Wildman–Crippen MR) is 97.8 cm³/mol. The molecular weight excluding hydrogens is 314 g/mol. The lowest BCUT2D eigenvalue weighted by atomic mass is 10.1. The van der Waals surface area contributed by atoms with Crippen molar-refractivity contribution in [3.8, 4) is 0 Å². The van der Waals surface area contributed by atoms with Crippen LogP contribution < -0.4 is 10.6 Å². The molecule has 1 aromatic heterocycles. The molecule has 2 N–H and O–H groups in total. The van der Waals surface area contributed by atoms with Crippen LogP contribution in [0.4, 0.5) is 11.4 Å². The van der Waals surface area contributed by atoms with E-state index in [2.05, 4.69) is 15.6 Å². The molecule has 0 fully saturated rings. The summed E-state index contributed by atoms with van der Waals surface area (Å²) in [6.07, 6.45) is 3.11. The summed E-state index contributed by atoms with van der Waals surface area (Å²) in [4.78, 5) is 28.5. The fraction of sp³-hybridized carbons (Fsp3) is 0.0500. The maximum absolute atomic E-state index is 12.4. The fourth-order valence-corrected chi connectivity index (χ4v) is 2.37. The van der Waals surface area contributed by atoms with Crippen molar-refractivity contribution in [1.29, 1.82) is 0 Å². The first-order valence-corrected chi connectivity index (χ1v) is 7.81. The summed E-state index contributed by atoms with van der Waals surface area (Å²) in [5.74, 6) is -0.482. The lowest BCUT2D eigenvalue weighted by Gasteiger charge is -2.09. The van der Waals surface area contributed by atoms with Gasteiger partial charge in [0.2, 0.25) is 0 Å². The summed E-state index contributed by atoms with van der Waals surface area (Å²) < 4.78 is 0. The van der Waals surface area contributed by atoms with E-state index in [-0.39, 0.29) is 11.8 Å². The maximum atomic E-state index is 12.4. The standard InChI is InChI=1S/C20H17N3O2/c1-14-4-2-6-17(12-14)22-20(25)16-5-3-7-18(13-16)23-19(24)15-8-10-21-11-9-15/h2-13H,1H3,(H,22,25)(H,23,24). The van der Waals surface area contributed by atoms with E-state index >= 15 is 0 Å². The second-order valence-electron chi connectivity index (χ2n) is 5.59. The molecule has 0 atom stereocenters. The largest absolute Gasteiger partial charge is 0.322 e. The highest BCUT2D eigenvalue weighted by molar-refractivity contribution is 6.07. The van der Waals surface area contributed by atoms with Crippen molar-refractivity contribution >= 4 is 23.2 Å². The Bertz CT molecular complexity index is 908. The number of benzene rings is 2. The van der Waals surface area contributed by atoms with Crippen molar-refractivity contribution < 1.29 is 9.59 Å². The lowest BCUT2D eigenvalue weighted by Crippen LogP contribution is -2.14. The summed E-state index contributed by atoms with van der Waals surface area (Å²) in [6, 6.07) is 17.6. The van der Waals surface area contributed by atoms with Crippen LogP contribution in [0.5, 0.6) is 0 Å². The normalized spacial score (nSPS) is 10.1. The lowest BCUT2D eigenvalue weighted by molar-refractivity contribution is 0.101. The van der Waals surface area contributed by atoms with Gasteiger partial charge in [-0.25, -0.2) is 0 Å². The van der Waals surface area contributed by atoms with E-state index in [4.69, 9.17) is 0 Å². The molecule has 5 nitrogen and oxygen atoms in total. The Balaban J connectivity index is 1.72. The molecule has 3 rings (SSSR count). The van der Waals surface area contributed by atoms with E-state index in [1.807, 2.05) is 31.2 Å². The highest BCUT2D eigenvalue weighted by Crippen LogP contribution is 2.15. The number of rotatable bonds is 4. The van der Waals surface area contributed by atoms with Gasteiger partial charge in [-0.15, -0.1) is 0 Å². The van der Waals surface area contributed by atoms with Gasteiger partial charge in [-0.2, -0.15) is 0 Å². The first-order chi connectivity index (χ1) is 12.1. The van der Waals surface area contributed by atoms with Crippen LogP contribution in [0, 0.1) is 6.92 Å². The number of carbonyl (C=O) groups is 2. The van der Waals surface area contributed by atoms with E-state index < -0.39 is 0 Å². The van der Waals surface area contributed by atoms with Crippen LogP contribution >= 0.6 is 0 Å². The number of carbonyl (C=O) groups excluding carboxylic acids is 2. The number of nitrogens with zero attached hydrogens (tertiary/aromatic N) is 1. The average molecular weight is 331 g/mol. The minimum Gasteiger partial charge on any atom is -0.322 e. The van der Waals surface area contributed by atoms with Crippen molar-refractivity contribution in [2.75, 3.05) is 10.6 Å². The Morgan fingerprint density at radius 3 is 2.04 bits per heavy atom. The third-order valence-corrected chi connectivity index (χ3v) is 3.60. The van der Waals surface area contributed by atoms with Crippen molar-refractivity contribution in [3.63, 3.8) is 0 Å². The Hall–Kier alpha value is -3.47. The molecule has 0 unspecified atom stereocenters. The van der Waals surface area contributed by atoms with Gasteiger partial charge in [-0.05, 0) is 55.0 Å². The van der Waals surface area contributed by atoms with Crippen LogP contribution in [0.1, 0.15) is 26.3 Å². The number of amides is 2. The molecule has 5 heteroatoms. The molecule has 25 heavy (non-hydrogen) atoms. The van der Waals surface area contributed by atoms with Gasteiger partial charge in [0, 0.05) is 34.9 Å². The molecule has 2 amide bonds. The minimum absolute atomic E-state index is 0.231. The van der Waals surface area contributed by atoms with E-state index in [0.29, 0.717) is 16.8 Å². The van der Waals surface area contributed by atoms with Gasteiger partial charge in [0.25, 0.3) is 11.8 Å². The van der Waals surface area contributed by atoms with Gasteiger partial charge in [0.1, 0.15) is 0 Å². The van der Waals surface area contributed by atoms with E-state index in [1.54, 1.807) is 48.8 Å². The topological polar surface area (TPSA) is 71.1 Å². The molecule has 1 heterocycles. The SMILES string of the molecule is Cc1cccc(NC(=O)c2cccc(NC(=O)c3ccncc3)c2)c1. The molecule has 0 spiro atoms. The van der Waals surface area contributed by atoms with Crippen molar-refractivity contribution in [2.24, 2.45) is 0 Å². The zero-order valence-electron chi connectivity index (χ0n) is 13.7.